The highest BCUT2D eigenvalue weighted by molar-refractivity contribution is 7.89. The topological polar surface area (TPSA) is 99.7 Å². The predicted molar refractivity (Wildman–Crippen MR) is 165 cm³/mol. The number of carbonyl (C=O) groups excluding carboxylic acids is 2. The largest absolute Gasteiger partial charge is 0.343 e. The molecular weight excluding hydrogens is 560 g/mol. The number of nitrogens with one attached hydrogen (secondary N) is 1. The molecule has 1 N–H and O–H groups in total. The first-order valence-electron chi connectivity index (χ1n) is 14.0. The van der Waals surface area contributed by atoms with Gasteiger partial charge in [-0.1, -0.05) is 97.1 Å². The van der Waals surface area contributed by atoms with Crippen LogP contribution < -0.4 is 5.32 Å². The monoisotopic (exact) mass is 590 g/mol. The number of aromatic nitrogens is 1. The third kappa shape index (κ3) is 5.77. The summed E-state index contributed by atoms with van der Waals surface area (Å²) in [7, 11) is -4.05. The summed E-state index contributed by atoms with van der Waals surface area (Å²) in [5, 5.41) is 3.83. The number of piperazine rings is 1. The zero-order valence-corrected chi connectivity index (χ0v) is 24.1. The van der Waals surface area contributed by atoms with Crippen molar-refractivity contribution < 1.29 is 18.0 Å². The summed E-state index contributed by atoms with van der Waals surface area (Å²) in [4.78, 5) is 33.8. The summed E-state index contributed by atoms with van der Waals surface area (Å²) >= 11 is 0. The molecule has 216 valence electrons. The molecule has 6 rings (SSSR count). The van der Waals surface area contributed by atoms with E-state index in [0.29, 0.717) is 16.5 Å². The van der Waals surface area contributed by atoms with Crippen molar-refractivity contribution in [2.24, 2.45) is 0 Å². The molecule has 4 aromatic carbocycles. The highest BCUT2D eigenvalue weighted by Gasteiger charge is 2.41. The van der Waals surface area contributed by atoms with E-state index in [1.54, 1.807) is 54.7 Å². The lowest BCUT2D eigenvalue weighted by Crippen LogP contribution is -2.61. The average Bonchev–Trinajstić information content (AvgIpc) is 3.07. The molecule has 2 amide bonds. The number of hydrogen-bond donors (Lipinski definition) is 1. The SMILES string of the molecule is O=C(NC(c1ccccc1)c1ccccc1)C1CN(S(=O)(=O)c2cccc3cccnc23)CCN1C(=O)c1ccccc1. The van der Waals surface area contributed by atoms with Crippen LogP contribution in [-0.2, 0) is 14.8 Å². The molecule has 1 saturated heterocycles. The zero-order chi connectivity index (χ0) is 29.8. The number of benzene rings is 4. The number of fused-ring (bicyclic) bond motifs is 1. The summed E-state index contributed by atoms with van der Waals surface area (Å²) in [6.45, 7) is -0.119. The first-order chi connectivity index (χ1) is 20.9. The van der Waals surface area contributed by atoms with Gasteiger partial charge in [0.15, 0.2) is 0 Å². The summed E-state index contributed by atoms with van der Waals surface area (Å²) in [6, 6.07) is 34.8. The Balaban J connectivity index is 1.36. The maximum absolute atomic E-state index is 14.2. The van der Waals surface area contributed by atoms with Crippen molar-refractivity contribution in [3.8, 4) is 0 Å². The molecule has 1 aliphatic rings. The van der Waals surface area contributed by atoms with Crippen molar-refractivity contribution in [2.75, 3.05) is 19.6 Å². The molecule has 43 heavy (non-hydrogen) atoms. The number of amides is 2. The minimum absolute atomic E-state index is 0.0364. The van der Waals surface area contributed by atoms with Gasteiger partial charge in [-0.15, -0.1) is 0 Å². The molecule has 9 heteroatoms. The van der Waals surface area contributed by atoms with E-state index in [0.717, 1.165) is 11.1 Å². The van der Waals surface area contributed by atoms with Crippen molar-refractivity contribution in [3.05, 3.63) is 144 Å². The molecule has 0 spiro atoms. The van der Waals surface area contributed by atoms with E-state index in [9.17, 15) is 18.0 Å². The molecule has 0 saturated carbocycles. The van der Waals surface area contributed by atoms with Gasteiger partial charge < -0.3 is 10.2 Å². The Labute approximate surface area is 250 Å². The number of carbonyl (C=O) groups is 2. The van der Waals surface area contributed by atoms with Crippen LogP contribution >= 0.6 is 0 Å². The first kappa shape index (κ1) is 28.3. The molecule has 0 aliphatic carbocycles. The molecule has 2 heterocycles. The number of hydrogen-bond acceptors (Lipinski definition) is 5. The van der Waals surface area contributed by atoms with Crippen molar-refractivity contribution in [3.63, 3.8) is 0 Å². The number of rotatable bonds is 7. The van der Waals surface area contributed by atoms with Gasteiger partial charge in [-0.05, 0) is 35.4 Å². The van der Waals surface area contributed by atoms with Crippen molar-refractivity contribution in [2.45, 2.75) is 17.0 Å². The van der Waals surface area contributed by atoms with Gasteiger partial charge >= 0.3 is 0 Å². The van der Waals surface area contributed by atoms with Gasteiger partial charge in [-0.2, -0.15) is 4.31 Å². The highest BCUT2D eigenvalue weighted by Crippen LogP contribution is 2.28. The quantitative estimate of drug-likeness (QED) is 0.297. The average molecular weight is 591 g/mol. The third-order valence-corrected chi connectivity index (χ3v) is 9.59. The van der Waals surface area contributed by atoms with Gasteiger partial charge in [-0.25, -0.2) is 8.42 Å². The molecule has 0 radical (unpaired) electrons. The predicted octanol–water partition coefficient (Wildman–Crippen LogP) is 4.66. The van der Waals surface area contributed by atoms with Gasteiger partial charge in [0.1, 0.15) is 10.9 Å². The number of nitrogens with zero attached hydrogens (tertiary/aromatic N) is 3. The van der Waals surface area contributed by atoms with Crippen LogP contribution in [0.1, 0.15) is 27.5 Å². The Hall–Kier alpha value is -4.86. The molecule has 1 aromatic heterocycles. The Morgan fingerprint density at radius 1 is 0.744 bits per heavy atom. The van der Waals surface area contributed by atoms with Crippen LogP contribution in [0.15, 0.2) is 132 Å². The number of pyridine rings is 1. The smallest absolute Gasteiger partial charge is 0.254 e. The van der Waals surface area contributed by atoms with Crippen molar-refractivity contribution >= 4 is 32.7 Å². The molecule has 1 atom stereocenters. The van der Waals surface area contributed by atoms with Gasteiger partial charge in [0, 0.05) is 36.8 Å². The maximum atomic E-state index is 14.2. The van der Waals surface area contributed by atoms with E-state index in [-0.39, 0.29) is 30.4 Å². The lowest BCUT2D eigenvalue weighted by Gasteiger charge is -2.40. The molecule has 8 nitrogen and oxygen atoms in total. The highest BCUT2D eigenvalue weighted by atomic mass is 32.2. The van der Waals surface area contributed by atoms with Crippen molar-refractivity contribution in [1.82, 2.24) is 19.5 Å². The summed E-state index contributed by atoms with van der Waals surface area (Å²) in [5.41, 5.74) is 2.52. The molecule has 1 unspecified atom stereocenters. The van der Waals surface area contributed by atoms with Crippen LogP contribution in [0, 0.1) is 0 Å². The van der Waals surface area contributed by atoms with Crippen LogP contribution in [0.25, 0.3) is 10.9 Å². The molecular formula is C34H30N4O4S. The van der Waals surface area contributed by atoms with Crippen LogP contribution in [0.5, 0.6) is 0 Å². The summed E-state index contributed by atoms with van der Waals surface area (Å²) < 4.78 is 29.4. The van der Waals surface area contributed by atoms with E-state index >= 15 is 0 Å². The van der Waals surface area contributed by atoms with Crippen LogP contribution in [-0.4, -0.2) is 60.1 Å². The summed E-state index contributed by atoms with van der Waals surface area (Å²) in [6.07, 6.45) is 1.56. The normalized spacial score (nSPS) is 15.8. The fourth-order valence-electron chi connectivity index (χ4n) is 5.50. The minimum atomic E-state index is -4.05. The number of para-hydroxylation sites is 1. The van der Waals surface area contributed by atoms with E-state index in [1.807, 2.05) is 66.7 Å². The number of sulfonamides is 1. The second-order valence-corrected chi connectivity index (χ2v) is 12.2. The van der Waals surface area contributed by atoms with Gasteiger partial charge in [0.25, 0.3) is 5.91 Å². The van der Waals surface area contributed by atoms with E-state index < -0.39 is 28.0 Å². The standard InChI is InChI=1S/C34H30N4O4S/c39-33(36-31(25-12-4-1-5-13-25)26-14-6-2-7-15-26)29-24-37(22-23-38(29)34(40)28-16-8-3-9-17-28)43(41,42)30-20-10-18-27-19-11-21-35-32(27)30/h1-21,29,31H,22-24H2,(H,36,39). The molecule has 5 aromatic rings. The van der Waals surface area contributed by atoms with Crippen LogP contribution in [0.2, 0.25) is 0 Å². The maximum Gasteiger partial charge on any atom is 0.254 e. The van der Waals surface area contributed by atoms with Gasteiger partial charge in [0.05, 0.1) is 11.6 Å². The summed E-state index contributed by atoms with van der Waals surface area (Å²) in [5.74, 6) is -0.779. The fourth-order valence-corrected chi connectivity index (χ4v) is 7.11. The molecule has 0 bridgehead atoms. The molecule has 1 fully saturated rings. The lowest BCUT2D eigenvalue weighted by atomic mass is 9.98. The Kier molecular flexibility index (Phi) is 8.00. The third-order valence-electron chi connectivity index (χ3n) is 7.69. The van der Waals surface area contributed by atoms with E-state index in [4.69, 9.17) is 0 Å². The zero-order valence-electron chi connectivity index (χ0n) is 23.3. The lowest BCUT2D eigenvalue weighted by molar-refractivity contribution is -0.127. The van der Waals surface area contributed by atoms with Crippen LogP contribution in [0.4, 0.5) is 0 Å². The van der Waals surface area contributed by atoms with E-state index in [2.05, 4.69) is 10.3 Å². The van der Waals surface area contributed by atoms with Crippen LogP contribution in [0.3, 0.4) is 0 Å². The van der Waals surface area contributed by atoms with E-state index in [1.165, 1.54) is 15.3 Å². The second-order valence-electron chi connectivity index (χ2n) is 10.3. The first-order valence-corrected chi connectivity index (χ1v) is 15.5. The Morgan fingerprint density at radius 3 is 2.00 bits per heavy atom. The Morgan fingerprint density at radius 2 is 1.35 bits per heavy atom. The van der Waals surface area contributed by atoms with Gasteiger partial charge in [0.2, 0.25) is 15.9 Å². The second kappa shape index (κ2) is 12.2. The van der Waals surface area contributed by atoms with Crippen molar-refractivity contribution in [1.29, 1.82) is 0 Å². The van der Waals surface area contributed by atoms with Gasteiger partial charge in [-0.3, -0.25) is 14.6 Å². The fraction of sp³-hybridized carbons (Fsp3) is 0.147. The molecule has 1 aliphatic heterocycles. The minimum Gasteiger partial charge on any atom is -0.343 e. The Bertz CT molecular complexity index is 1810.